The third-order valence-corrected chi connectivity index (χ3v) is 6.16. The van der Waals surface area contributed by atoms with Crippen LogP contribution in [0.4, 0.5) is 0 Å². The molecular weight excluding hydrogens is 316 g/mol. The van der Waals surface area contributed by atoms with Crippen molar-refractivity contribution in [3.05, 3.63) is 96.6 Å². The Balaban J connectivity index is 1.91. The third kappa shape index (κ3) is 4.25. The minimum atomic E-state index is -2.99. The van der Waals surface area contributed by atoms with Crippen LogP contribution < -0.4 is 8.85 Å². The van der Waals surface area contributed by atoms with Crippen LogP contribution in [-0.2, 0) is 10.5 Å². The van der Waals surface area contributed by atoms with Gasteiger partial charge in [0.15, 0.2) is 0 Å². The van der Waals surface area contributed by atoms with Gasteiger partial charge in [0.1, 0.15) is 11.5 Å². The molecule has 0 aliphatic heterocycles. The van der Waals surface area contributed by atoms with Crippen LogP contribution in [0.1, 0.15) is 5.56 Å². The fourth-order valence-corrected chi connectivity index (χ4v) is 4.65. The molecule has 0 heterocycles. The summed E-state index contributed by atoms with van der Waals surface area (Å²) in [5.41, 5.74) is 1.12. The van der Waals surface area contributed by atoms with Crippen LogP contribution in [0.3, 0.4) is 0 Å². The Morgan fingerprint density at radius 2 is 1.04 bits per heavy atom. The Morgan fingerprint density at radius 3 is 1.46 bits per heavy atom. The maximum atomic E-state index is 6.25. The molecule has 0 unspecified atom stereocenters. The standard InChI is InChI=1S/C20H20O3Si/c1-21-24(17-18-11-5-2-6-12-18,22-19-13-7-3-8-14-19)23-20-15-9-4-10-16-20/h2-16H,17H2,1H3. The summed E-state index contributed by atoms with van der Waals surface area (Å²) in [5.74, 6) is 1.50. The summed E-state index contributed by atoms with van der Waals surface area (Å²) in [4.78, 5) is 0. The van der Waals surface area contributed by atoms with Gasteiger partial charge in [0.05, 0.1) is 6.04 Å². The second-order valence-electron chi connectivity index (χ2n) is 5.38. The minimum Gasteiger partial charge on any atom is -0.492 e. The van der Waals surface area contributed by atoms with Gasteiger partial charge < -0.3 is 13.3 Å². The molecule has 4 heteroatoms. The fourth-order valence-electron chi connectivity index (χ4n) is 2.43. The quantitative estimate of drug-likeness (QED) is 0.594. The second kappa shape index (κ2) is 7.81. The molecule has 0 saturated carbocycles. The summed E-state index contributed by atoms with van der Waals surface area (Å²) in [6.45, 7) is 0. The van der Waals surface area contributed by atoms with Crippen LogP contribution in [0, 0.1) is 0 Å². The zero-order valence-electron chi connectivity index (χ0n) is 13.6. The van der Waals surface area contributed by atoms with Gasteiger partial charge in [0.2, 0.25) is 0 Å². The molecular formula is C20H20O3Si. The van der Waals surface area contributed by atoms with Crippen molar-refractivity contribution in [3.8, 4) is 11.5 Å². The molecule has 0 radical (unpaired) electrons. The molecule has 0 fully saturated rings. The van der Waals surface area contributed by atoms with Crippen LogP contribution >= 0.6 is 0 Å². The lowest BCUT2D eigenvalue weighted by Gasteiger charge is -2.29. The zero-order valence-corrected chi connectivity index (χ0v) is 14.6. The van der Waals surface area contributed by atoms with E-state index in [2.05, 4.69) is 12.1 Å². The Hall–Kier alpha value is -2.56. The van der Waals surface area contributed by atoms with Crippen LogP contribution in [0.15, 0.2) is 91.0 Å². The summed E-state index contributed by atoms with van der Waals surface area (Å²) in [6, 6.07) is 30.1. The van der Waals surface area contributed by atoms with Gasteiger partial charge >= 0.3 is 8.80 Å². The molecule has 24 heavy (non-hydrogen) atoms. The van der Waals surface area contributed by atoms with Gasteiger partial charge in [-0.2, -0.15) is 0 Å². The number of hydrogen-bond donors (Lipinski definition) is 0. The second-order valence-corrected chi connectivity index (χ2v) is 7.92. The third-order valence-electron chi connectivity index (χ3n) is 3.61. The van der Waals surface area contributed by atoms with E-state index < -0.39 is 8.80 Å². The van der Waals surface area contributed by atoms with E-state index in [0.29, 0.717) is 6.04 Å². The lowest BCUT2D eigenvalue weighted by molar-refractivity contribution is 0.203. The van der Waals surface area contributed by atoms with Gasteiger partial charge in [-0.05, 0) is 29.8 Å². The molecule has 3 rings (SSSR count). The van der Waals surface area contributed by atoms with Crippen LogP contribution in [0.25, 0.3) is 0 Å². The van der Waals surface area contributed by atoms with Crippen molar-refractivity contribution in [1.82, 2.24) is 0 Å². The van der Waals surface area contributed by atoms with E-state index in [9.17, 15) is 0 Å². The molecule has 122 valence electrons. The Bertz CT molecular complexity index is 631. The predicted molar refractivity (Wildman–Crippen MR) is 97.0 cm³/mol. The number of para-hydroxylation sites is 2. The highest BCUT2D eigenvalue weighted by Gasteiger charge is 2.45. The molecule has 0 N–H and O–H groups in total. The highest BCUT2D eigenvalue weighted by atomic mass is 28.4. The molecule has 0 bridgehead atoms. The van der Waals surface area contributed by atoms with Crippen molar-refractivity contribution < 1.29 is 13.3 Å². The molecule has 3 aromatic rings. The van der Waals surface area contributed by atoms with Crippen LogP contribution in [0.5, 0.6) is 11.5 Å². The molecule has 0 amide bonds. The van der Waals surface area contributed by atoms with Gasteiger partial charge in [0.25, 0.3) is 0 Å². The molecule has 3 nitrogen and oxygen atoms in total. The van der Waals surface area contributed by atoms with E-state index in [4.69, 9.17) is 13.3 Å². The Labute approximate surface area is 143 Å². The number of hydrogen-bond acceptors (Lipinski definition) is 3. The smallest absolute Gasteiger partial charge is 0.492 e. The summed E-state index contributed by atoms with van der Waals surface area (Å²) < 4.78 is 18.4. The summed E-state index contributed by atoms with van der Waals surface area (Å²) in [6.07, 6.45) is 0. The Morgan fingerprint density at radius 1 is 0.625 bits per heavy atom. The van der Waals surface area contributed by atoms with Gasteiger partial charge in [-0.15, -0.1) is 0 Å². The summed E-state index contributed by atoms with van der Waals surface area (Å²) in [5, 5.41) is 0. The molecule has 0 atom stereocenters. The van der Waals surface area contributed by atoms with E-state index in [1.54, 1.807) is 7.11 Å². The van der Waals surface area contributed by atoms with Crippen molar-refractivity contribution in [2.45, 2.75) is 6.04 Å². The highest BCUT2D eigenvalue weighted by Crippen LogP contribution is 2.23. The van der Waals surface area contributed by atoms with Crippen molar-refractivity contribution in [2.75, 3.05) is 7.11 Å². The Kier molecular flexibility index (Phi) is 5.31. The number of rotatable bonds is 7. The maximum Gasteiger partial charge on any atom is 0.636 e. The van der Waals surface area contributed by atoms with Crippen LogP contribution in [-0.4, -0.2) is 15.9 Å². The first-order valence-electron chi connectivity index (χ1n) is 7.87. The SMILES string of the molecule is CO[Si](Cc1ccccc1)(Oc1ccccc1)Oc1ccccc1. The maximum absolute atomic E-state index is 6.25. The zero-order chi connectivity index (χ0) is 16.7. The monoisotopic (exact) mass is 336 g/mol. The lowest BCUT2D eigenvalue weighted by Crippen LogP contribution is -2.53. The molecule has 0 spiro atoms. The summed E-state index contributed by atoms with van der Waals surface area (Å²) in [7, 11) is -1.34. The minimum absolute atomic E-state index is 0.591. The molecule has 0 aliphatic rings. The van der Waals surface area contributed by atoms with E-state index in [1.165, 1.54) is 0 Å². The molecule has 0 aromatic heterocycles. The summed E-state index contributed by atoms with van der Waals surface area (Å²) >= 11 is 0. The number of benzene rings is 3. The topological polar surface area (TPSA) is 27.7 Å². The van der Waals surface area contributed by atoms with Crippen molar-refractivity contribution in [1.29, 1.82) is 0 Å². The first kappa shape index (κ1) is 16.3. The van der Waals surface area contributed by atoms with Gasteiger partial charge in [-0.25, -0.2) is 0 Å². The molecule has 0 saturated heterocycles. The predicted octanol–water partition coefficient (Wildman–Crippen LogP) is 4.51. The van der Waals surface area contributed by atoms with Crippen LogP contribution in [0.2, 0.25) is 0 Å². The van der Waals surface area contributed by atoms with Gasteiger partial charge in [-0.3, -0.25) is 0 Å². The molecule has 0 aliphatic carbocycles. The molecule has 3 aromatic carbocycles. The first-order valence-corrected chi connectivity index (χ1v) is 9.80. The highest BCUT2D eigenvalue weighted by molar-refractivity contribution is 6.61. The van der Waals surface area contributed by atoms with E-state index in [-0.39, 0.29) is 0 Å². The average Bonchev–Trinajstić information content (AvgIpc) is 2.64. The average molecular weight is 336 g/mol. The van der Waals surface area contributed by atoms with E-state index in [1.807, 2.05) is 78.9 Å². The first-order chi connectivity index (χ1) is 11.8. The normalized spacial score (nSPS) is 11.0. The lowest BCUT2D eigenvalue weighted by atomic mass is 10.2. The van der Waals surface area contributed by atoms with E-state index >= 15 is 0 Å². The van der Waals surface area contributed by atoms with Crippen molar-refractivity contribution >= 4 is 8.80 Å². The van der Waals surface area contributed by atoms with Crippen molar-refractivity contribution in [2.24, 2.45) is 0 Å². The van der Waals surface area contributed by atoms with Gasteiger partial charge in [0, 0.05) is 7.11 Å². The largest absolute Gasteiger partial charge is 0.636 e. The van der Waals surface area contributed by atoms with Gasteiger partial charge in [-0.1, -0.05) is 66.7 Å². The fraction of sp³-hybridized carbons (Fsp3) is 0.100. The van der Waals surface area contributed by atoms with E-state index in [0.717, 1.165) is 17.1 Å². The van der Waals surface area contributed by atoms with Crippen molar-refractivity contribution in [3.63, 3.8) is 0 Å².